The summed E-state index contributed by atoms with van der Waals surface area (Å²) in [6, 6.07) is 20.2. The molecule has 0 radical (unpaired) electrons. The van der Waals surface area contributed by atoms with E-state index in [0.29, 0.717) is 13.0 Å². The maximum atomic E-state index is 11.6. The summed E-state index contributed by atoms with van der Waals surface area (Å²) in [7, 11) is 0. The van der Waals surface area contributed by atoms with Gasteiger partial charge in [-0.1, -0.05) is 60.7 Å². The molecule has 4 nitrogen and oxygen atoms in total. The second-order valence-electron chi connectivity index (χ2n) is 6.32. The third kappa shape index (κ3) is 3.21. The molecule has 2 aromatic carbocycles. The van der Waals surface area contributed by atoms with E-state index in [2.05, 4.69) is 12.1 Å². The van der Waals surface area contributed by atoms with Gasteiger partial charge in [0.15, 0.2) is 6.10 Å². The van der Waals surface area contributed by atoms with E-state index in [-0.39, 0.29) is 30.4 Å². The normalized spacial score (nSPS) is 28.6. The number of rotatable bonds is 5. The number of carbonyl (C=O) groups excluding carboxylic acids is 1. The zero-order valence-corrected chi connectivity index (χ0v) is 13.3. The first-order valence-electron chi connectivity index (χ1n) is 8.34. The Morgan fingerprint density at radius 1 is 0.958 bits per heavy atom. The van der Waals surface area contributed by atoms with Gasteiger partial charge in [-0.25, -0.2) is 0 Å². The minimum absolute atomic E-state index is 0.0980. The molecule has 4 rings (SSSR count). The highest BCUT2D eigenvalue weighted by Crippen LogP contribution is 2.35. The number of hydrogen-bond donors (Lipinski definition) is 0. The Kier molecular flexibility index (Phi) is 4.32. The number of carbonyl (C=O) groups is 1. The molecule has 0 unspecified atom stereocenters. The summed E-state index contributed by atoms with van der Waals surface area (Å²) in [5, 5.41) is 0. The lowest BCUT2D eigenvalue weighted by Crippen LogP contribution is -2.36. The first-order chi connectivity index (χ1) is 11.8. The number of benzene rings is 2. The zero-order chi connectivity index (χ0) is 16.4. The van der Waals surface area contributed by atoms with Crippen LogP contribution in [0.25, 0.3) is 0 Å². The number of fused-ring (bicyclic) bond motifs is 1. The van der Waals surface area contributed by atoms with Gasteiger partial charge in [-0.2, -0.15) is 0 Å². The molecule has 4 heteroatoms. The van der Waals surface area contributed by atoms with E-state index in [1.807, 2.05) is 48.5 Å². The Bertz CT molecular complexity index is 685. The highest BCUT2D eigenvalue weighted by molar-refractivity contribution is 5.73. The van der Waals surface area contributed by atoms with Crippen molar-refractivity contribution in [2.45, 2.75) is 43.9 Å². The Morgan fingerprint density at radius 3 is 2.33 bits per heavy atom. The molecule has 0 aromatic heterocycles. The van der Waals surface area contributed by atoms with Crippen LogP contribution >= 0.6 is 0 Å². The van der Waals surface area contributed by atoms with Gasteiger partial charge in [0.05, 0.1) is 19.1 Å². The van der Waals surface area contributed by atoms with Crippen molar-refractivity contribution in [2.75, 3.05) is 0 Å². The molecule has 0 saturated carbocycles. The molecule has 2 aliphatic heterocycles. The number of ether oxygens (including phenoxy) is 3. The molecule has 0 amide bonds. The number of esters is 1. The lowest BCUT2D eigenvalue weighted by molar-refractivity contribution is -0.148. The van der Waals surface area contributed by atoms with Crippen LogP contribution in [0.5, 0.6) is 0 Å². The molecule has 2 fully saturated rings. The van der Waals surface area contributed by atoms with E-state index in [9.17, 15) is 4.79 Å². The van der Waals surface area contributed by atoms with Gasteiger partial charge < -0.3 is 14.2 Å². The van der Waals surface area contributed by atoms with Crippen molar-refractivity contribution in [3.63, 3.8) is 0 Å². The summed E-state index contributed by atoms with van der Waals surface area (Å²) in [4.78, 5) is 11.6. The molecule has 2 saturated heterocycles. The molecule has 2 heterocycles. The second kappa shape index (κ2) is 6.75. The molecule has 0 bridgehead atoms. The fourth-order valence-electron chi connectivity index (χ4n) is 3.45. The molecule has 24 heavy (non-hydrogen) atoms. The third-order valence-electron chi connectivity index (χ3n) is 4.61. The standard InChI is InChI=1S/C20H20O4/c21-18-12-17-20(24-18)19(22-13-15-9-5-2-6-10-15)16(23-17)11-14-7-3-1-4-8-14/h1-10,16-17,19-20H,11-13H2/t16-,17-,19+,20+/m1/s1. The van der Waals surface area contributed by atoms with Crippen LogP contribution in [-0.4, -0.2) is 30.4 Å². The summed E-state index contributed by atoms with van der Waals surface area (Å²) in [6.07, 6.45) is 0.259. The Hall–Kier alpha value is -2.17. The Morgan fingerprint density at radius 2 is 1.62 bits per heavy atom. The summed E-state index contributed by atoms with van der Waals surface area (Å²) >= 11 is 0. The van der Waals surface area contributed by atoms with Gasteiger partial charge in [0.1, 0.15) is 12.2 Å². The highest BCUT2D eigenvalue weighted by Gasteiger charge is 2.52. The minimum Gasteiger partial charge on any atom is -0.457 e. The molecule has 0 N–H and O–H groups in total. The van der Waals surface area contributed by atoms with E-state index >= 15 is 0 Å². The van der Waals surface area contributed by atoms with Gasteiger partial charge in [0.25, 0.3) is 0 Å². The van der Waals surface area contributed by atoms with Crippen LogP contribution in [0, 0.1) is 0 Å². The summed E-state index contributed by atoms with van der Waals surface area (Å²) < 4.78 is 17.7. The minimum atomic E-state index is -0.296. The SMILES string of the molecule is O=C1C[C@H]2O[C@H](Cc3ccccc3)[C@H](OCc3ccccc3)[C@H]2O1. The molecule has 124 valence electrons. The van der Waals surface area contributed by atoms with Crippen LogP contribution in [-0.2, 0) is 32.0 Å². The zero-order valence-electron chi connectivity index (χ0n) is 13.3. The van der Waals surface area contributed by atoms with Gasteiger partial charge >= 0.3 is 5.97 Å². The van der Waals surface area contributed by atoms with Crippen molar-refractivity contribution in [1.82, 2.24) is 0 Å². The quantitative estimate of drug-likeness (QED) is 0.793. The van der Waals surface area contributed by atoms with Crippen LogP contribution in [0.15, 0.2) is 60.7 Å². The molecular weight excluding hydrogens is 304 g/mol. The van der Waals surface area contributed by atoms with Crippen molar-refractivity contribution in [3.8, 4) is 0 Å². The van der Waals surface area contributed by atoms with Gasteiger partial charge in [-0.3, -0.25) is 4.79 Å². The van der Waals surface area contributed by atoms with E-state index in [0.717, 1.165) is 12.0 Å². The fourth-order valence-corrected chi connectivity index (χ4v) is 3.45. The van der Waals surface area contributed by atoms with Crippen molar-refractivity contribution in [2.24, 2.45) is 0 Å². The van der Waals surface area contributed by atoms with E-state index in [1.165, 1.54) is 5.56 Å². The van der Waals surface area contributed by atoms with Crippen molar-refractivity contribution in [3.05, 3.63) is 71.8 Å². The van der Waals surface area contributed by atoms with Crippen molar-refractivity contribution < 1.29 is 19.0 Å². The molecule has 4 atom stereocenters. The van der Waals surface area contributed by atoms with Crippen LogP contribution in [0.2, 0.25) is 0 Å². The Balaban J connectivity index is 1.48. The molecular formula is C20H20O4. The maximum absolute atomic E-state index is 11.6. The van der Waals surface area contributed by atoms with Crippen LogP contribution in [0.1, 0.15) is 17.5 Å². The van der Waals surface area contributed by atoms with E-state index < -0.39 is 0 Å². The molecule has 2 aromatic rings. The average Bonchev–Trinajstić information content (AvgIpc) is 3.11. The highest BCUT2D eigenvalue weighted by atomic mass is 16.6. The Labute approximate surface area is 141 Å². The predicted octanol–water partition coefficient (Wildman–Crippen LogP) is 2.90. The summed E-state index contributed by atoms with van der Waals surface area (Å²) in [6.45, 7) is 0.487. The first-order valence-corrected chi connectivity index (χ1v) is 8.34. The number of hydrogen-bond acceptors (Lipinski definition) is 4. The summed E-state index contributed by atoms with van der Waals surface area (Å²) in [5.41, 5.74) is 2.30. The topological polar surface area (TPSA) is 44.8 Å². The van der Waals surface area contributed by atoms with E-state index in [1.54, 1.807) is 0 Å². The third-order valence-corrected chi connectivity index (χ3v) is 4.61. The lowest BCUT2D eigenvalue weighted by Gasteiger charge is -2.22. The fraction of sp³-hybridized carbons (Fsp3) is 0.350. The molecule has 0 aliphatic carbocycles. The monoisotopic (exact) mass is 324 g/mol. The molecule has 2 aliphatic rings. The van der Waals surface area contributed by atoms with Crippen molar-refractivity contribution in [1.29, 1.82) is 0 Å². The maximum Gasteiger partial charge on any atom is 0.309 e. The van der Waals surface area contributed by atoms with Gasteiger partial charge in [0, 0.05) is 6.42 Å². The van der Waals surface area contributed by atoms with Crippen LogP contribution in [0.3, 0.4) is 0 Å². The van der Waals surface area contributed by atoms with Gasteiger partial charge in [-0.15, -0.1) is 0 Å². The summed E-state index contributed by atoms with van der Waals surface area (Å²) in [5.74, 6) is -0.198. The largest absolute Gasteiger partial charge is 0.457 e. The molecule has 0 spiro atoms. The first kappa shape index (κ1) is 15.4. The van der Waals surface area contributed by atoms with Crippen LogP contribution < -0.4 is 0 Å². The van der Waals surface area contributed by atoms with Crippen molar-refractivity contribution >= 4 is 5.97 Å². The van der Waals surface area contributed by atoms with Gasteiger partial charge in [-0.05, 0) is 11.1 Å². The van der Waals surface area contributed by atoms with Crippen LogP contribution in [0.4, 0.5) is 0 Å². The smallest absolute Gasteiger partial charge is 0.309 e. The van der Waals surface area contributed by atoms with Gasteiger partial charge in [0.2, 0.25) is 0 Å². The predicted molar refractivity (Wildman–Crippen MR) is 88.3 cm³/mol. The average molecular weight is 324 g/mol. The second-order valence-corrected chi connectivity index (χ2v) is 6.32. The van der Waals surface area contributed by atoms with E-state index in [4.69, 9.17) is 14.2 Å². The lowest BCUT2D eigenvalue weighted by atomic mass is 10.0.